The number of thiazole rings is 1. The van der Waals surface area contributed by atoms with E-state index in [0.29, 0.717) is 17.6 Å². The van der Waals surface area contributed by atoms with Crippen molar-refractivity contribution in [3.63, 3.8) is 0 Å². The van der Waals surface area contributed by atoms with Crippen LogP contribution in [0.3, 0.4) is 0 Å². The van der Waals surface area contributed by atoms with E-state index in [1.807, 2.05) is 24.3 Å². The summed E-state index contributed by atoms with van der Waals surface area (Å²) in [4.78, 5) is 29.1. The molecule has 1 atom stereocenters. The highest BCUT2D eigenvalue weighted by Crippen LogP contribution is 2.21. The Balaban J connectivity index is 1.54. The molecule has 1 unspecified atom stereocenters. The van der Waals surface area contributed by atoms with E-state index in [9.17, 15) is 9.59 Å². The molecule has 0 bridgehead atoms. The Morgan fingerprint density at radius 1 is 1.24 bits per heavy atom. The quantitative estimate of drug-likeness (QED) is 0.612. The van der Waals surface area contributed by atoms with Gasteiger partial charge in [0, 0.05) is 0 Å². The number of carbonyl (C=O) groups is 1. The summed E-state index contributed by atoms with van der Waals surface area (Å²) in [5.41, 5.74) is 2.00. The number of oxazole rings is 1. The van der Waals surface area contributed by atoms with Gasteiger partial charge in [0.2, 0.25) is 5.91 Å². The topological polar surface area (TPSA) is 77.1 Å². The predicted molar refractivity (Wildman–Crippen MR) is 96.7 cm³/mol. The molecule has 0 aliphatic heterocycles. The summed E-state index contributed by atoms with van der Waals surface area (Å²) >= 11 is 1.54. The second-order valence-electron chi connectivity index (χ2n) is 5.67. The van der Waals surface area contributed by atoms with Crippen LogP contribution in [0.4, 0.5) is 0 Å². The van der Waals surface area contributed by atoms with Crippen LogP contribution < -0.4 is 11.1 Å². The van der Waals surface area contributed by atoms with Gasteiger partial charge >= 0.3 is 5.76 Å². The van der Waals surface area contributed by atoms with E-state index in [1.54, 1.807) is 42.5 Å². The van der Waals surface area contributed by atoms with Gasteiger partial charge in [-0.25, -0.2) is 9.78 Å². The number of hydrogen-bond donors (Lipinski definition) is 1. The molecule has 0 saturated heterocycles. The first-order chi connectivity index (χ1) is 12.1. The summed E-state index contributed by atoms with van der Waals surface area (Å²) in [7, 11) is 0. The fraction of sp³-hybridized carbons (Fsp3) is 0.167. The fourth-order valence-corrected chi connectivity index (χ4v) is 3.68. The van der Waals surface area contributed by atoms with E-state index in [2.05, 4.69) is 10.3 Å². The van der Waals surface area contributed by atoms with Gasteiger partial charge in [0.1, 0.15) is 11.0 Å². The third-order valence-corrected chi connectivity index (χ3v) is 5.07. The lowest BCUT2D eigenvalue weighted by molar-refractivity contribution is -0.124. The Hall–Kier alpha value is -2.93. The van der Waals surface area contributed by atoms with Crippen molar-refractivity contribution in [2.45, 2.75) is 19.5 Å². The molecule has 0 spiro atoms. The molecule has 0 saturated carbocycles. The minimum atomic E-state index is -0.675. The average Bonchev–Trinajstić information content (AvgIpc) is 3.18. The minimum absolute atomic E-state index is 0.257. The van der Waals surface area contributed by atoms with E-state index in [0.717, 1.165) is 15.2 Å². The molecule has 2 aromatic heterocycles. The second kappa shape index (κ2) is 6.18. The molecule has 1 amide bonds. The molecular weight excluding hydrogens is 338 g/mol. The molecule has 6 nitrogen and oxygen atoms in total. The monoisotopic (exact) mass is 353 g/mol. The first kappa shape index (κ1) is 15.6. The summed E-state index contributed by atoms with van der Waals surface area (Å²) in [5.74, 6) is -0.795. The predicted octanol–water partition coefficient (Wildman–Crippen LogP) is 3.08. The van der Waals surface area contributed by atoms with Crippen molar-refractivity contribution in [2.24, 2.45) is 0 Å². The summed E-state index contributed by atoms with van der Waals surface area (Å²) in [6.45, 7) is 2.00. The zero-order chi connectivity index (χ0) is 17.4. The molecule has 4 aromatic rings. The van der Waals surface area contributed by atoms with E-state index in [-0.39, 0.29) is 5.91 Å². The van der Waals surface area contributed by atoms with Gasteiger partial charge in [0.05, 0.1) is 22.3 Å². The lowest BCUT2D eigenvalue weighted by Gasteiger charge is -2.12. The third kappa shape index (κ3) is 2.83. The van der Waals surface area contributed by atoms with Gasteiger partial charge in [-0.05, 0) is 31.2 Å². The van der Waals surface area contributed by atoms with Crippen molar-refractivity contribution < 1.29 is 9.21 Å². The van der Waals surface area contributed by atoms with Gasteiger partial charge in [0.15, 0.2) is 5.58 Å². The van der Waals surface area contributed by atoms with Crippen LogP contribution in [-0.4, -0.2) is 15.5 Å². The number of amides is 1. The standard InChI is InChI=1S/C18H15N3O3S/c1-11(21-13-7-3-4-8-14(13)24-18(21)23)17(22)19-10-16-20-12-6-2-5-9-15(12)25-16/h2-9,11H,10H2,1H3,(H,19,22). The molecule has 2 heterocycles. The third-order valence-electron chi connectivity index (χ3n) is 4.04. The SMILES string of the molecule is CC(C(=O)NCc1nc2ccccc2s1)n1c(=O)oc2ccccc21. The van der Waals surface area contributed by atoms with Crippen molar-refractivity contribution in [3.8, 4) is 0 Å². The van der Waals surface area contributed by atoms with Crippen molar-refractivity contribution in [1.82, 2.24) is 14.9 Å². The zero-order valence-electron chi connectivity index (χ0n) is 13.4. The highest BCUT2D eigenvalue weighted by Gasteiger charge is 2.21. The number of para-hydroxylation sites is 3. The number of aromatic nitrogens is 2. The molecule has 0 aliphatic rings. The van der Waals surface area contributed by atoms with E-state index in [1.165, 1.54) is 4.57 Å². The molecule has 4 rings (SSSR count). The zero-order valence-corrected chi connectivity index (χ0v) is 14.2. The number of hydrogen-bond acceptors (Lipinski definition) is 5. The van der Waals surface area contributed by atoms with Crippen LogP contribution in [0.25, 0.3) is 21.3 Å². The van der Waals surface area contributed by atoms with Crippen molar-refractivity contribution in [2.75, 3.05) is 0 Å². The molecule has 0 fully saturated rings. The van der Waals surface area contributed by atoms with E-state index < -0.39 is 11.8 Å². The normalized spacial score (nSPS) is 12.5. The summed E-state index contributed by atoms with van der Waals surface area (Å²) in [5, 5.41) is 3.67. The van der Waals surface area contributed by atoms with Crippen LogP contribution in [0.2, 0.25) is 0 Å². The second-order valence-corrected chi connectivity index (χ2v) is 6.79. The van der Waals surface area contributed by atoms with E-state index in [4.69, 9.17) is 4.42 Å². The summed E-state index contributed by atoms with van der Waals surface area (Å²) < 4.78 is 7.63. The Morgan fingerprint density at radius 2 is 2.00 bits per heavy atom. The van der Waals surface area contributed by atoms with Crippen LogP contribution in [0.5, 0.6) is 0 Å². The molecule has 126 valence electrons. The maximum absolute atomic E-state index is 12.5. The van der Waals surface area contributed by atoms with Gasteiger partial charge in [-0.3, -0.25) is 9.36 Å². The molecule has 7 heteroatoms. The molecule has 25 heavy (non-hydrogen) atoms. The largest absolute Gasteiger partial charge is 0.420 e. The van der Waals surface area contributed by atoms with Crippen molar-refractivity contribution in [3.05, 3.63) is 64.1 Å². The van der Waals surface area contributed by atoms with Crippen LogP contribution >= 0.6 is 11.3 Å². The molecule has 0 radical (unpaired) electrons. The van der Waals surface area contributed by atoms with Gasteiger partial charge in [0.25, 0.3) is 0 Å². The number of benzene rings is 2. The number of fused-ring (bicyclic) bond motifs is 2. The summed E-state index contributed by atoms with van der Waals surface area (Å²) in [6.07, 6.45) is 0. The van der Waals surface area contributed by atoms with Gasteiger partial charge in [-0.15, -0.1) is 11.3 Å². The highest BCUT2D eigenvalue weighted by atomic mass is 32.1. The molecule has 2 aromatic carbocycles. The number of rotatable bonds is 4. The number of nitrogens with one attached hydrogen (secondary N) is 1. The Bertz CT molecular complexity index is 1090. The minimum Gasteiger partial charge on any atom is -0.408 e. The Labute approximate surface area is 146 Å². The molecular formula is C18H15N3O3S. The molecule has 0 aliphatic carbocycles. The van der Waals surface area contributed by atoms with Crippen LogP contribution in [-0.2, 0) is 11.3 Å². The fourth-order valence-electron chi connectivity index (χ4n) is 2.77. The molecule has 1 N–H and O–H groups in total. The lowest BCUT2D eigenvalue weighted by Crippen LogP contribution is -2.34. The van der Waals surface area contributed by atoms with Crippen LogP contribution in [0, 0.1) is 0 Å². The van der Waals surface area contributed by atoms with Crippen molar-refractivity contribution in [1.29, 1.82) is 0 Å². The lowest BCUT2D eigenvalue weighted by atomic mass is 10.2. The number of carbonyl (C=O) groups excluding carboxylic acids is 1. The van der Waals surface area contributed by atoms with Crippen LogP contribution in [0.1, 0.15) is 18.0 Å². The maximum Gasteiger partial charge on any atom is 0.420 e. The Kier molecular flexibility index (Phi) is 3.85. The van der Waals surface area contributed by atoms with Crippen molar-refractivity contribution >= 4 is 38.6 Å². The first-order valence-electron chi connectivity index (χ1n) is 7.86. The number of nitrogens with zero attached hydrogens (tertiary/aromatic N) is 2. The van der Waals surface area contributed by atoms with Gasteiger partial charge in [-0.1, -0.05) is 24.3 Å². The average molecular weight is 353 g/mol. The van der Waals surface area contributed by atoms with Crippen LogP contribution in [0.15, 0.2) is 57.7 Å². The van der Waals surface area contributed by atoms with E-state index >= 15 is 0 Å². The Morgan fingerprint density at radius 3 is 2.84 bits per heavy atom. The van der Waals surface area contributed by atoms with Gasteiger partial charge < -0.3 is 9.73 Å². The maximum atomic E-state index is 12.5. The summed E-state index contributed by atoms with van der Waals surface area (Å²) in [6, 6.07) is 14.2. The first-order valence-corrected chi connectivity index (χ1v) is 8.67. The van der Waals surface area contributed by atoms with Gasteiger partial charge in [-0.2, -0.15) is 0 Å². The highest BCUT2D eigenvalue weighted by molar-refractivity contribution is 7.18. The smallest absolute Gasteiger partial charge is 0.408 e.